The van der Waals surface area contributed by atoms with E-state index >= 15 is 0 Å². The molecule has 1 aliphatic rings. The van der Waals surface area contributed by atoms with E-state index in [1.165, 1.54) is 11.0 Å². The average molecular weight is 241 g/mol. The van der Waals surface area contributed by atoms with Crippen molar-refractivity contribution in [1.82, 2.24) is 4.98 Å². The van der Waals surface area contributed by atoms with Crippen molar-refractivity contribution in [2.24, 2.45) is 5.73 Å². The molecule has 0 atom stereocenters. The van der Waals surface area contributed by atoms with Crippen LogP contribution in [0.15, 0.2) is 12.1 Å². The monoisotopic (exact) mass is 241 g/mol. The number of aromatic nitrogens is 1. The van der Waals surface area contributed by atoms with Crippen molar-refractivity contribution < 1.29 is 13.6 Å². The molecule has 6 heteroatoms. The zero-order valence-corrected chi connectivity index (χ0v) is 9.41. The Kier molecular flexibility index (Phi) is 2.73. The van der Waals surface area contributed by atoms with Gasteiger partial charge in [-0.25, -0.2) is 13.8 Å². The molecule has 2 N–H and O–H groups in total. The fourth-order valence-corrected chi connectivity index (χ4v) is 1.76. The van der Waals surface area contributed by atoms with Crippen molar-refractivity contribution in [2.75, 3.05) is 18.0 Å². The first-order chi connectivity index (χ1) is 7.91. The lowest BCUT2D eigenvalue weighted by molar-refractivity contribution is -0.0262. The summed E-state index contributed by atoms with van der Waals surface area (Å²) >= 11 is 0. The van der Waals surface area contributed by atoms with E-state index in [0.717, 1.165) is 0 Å². The molecule has 0 saturated carbocycles. The number of carbonyl (C=O) groups excluding carboxylic acids is 1. The molecule has 2 rings (SSSR count). The lowest BCUT2D eigenvalue weighted by atomic mass is 10.1. The quantitative estimate of drug-likeness (QED) is 0.865. The number of carbonyl (C=O) groups is 1. The minimum atomic E-state index is -2.64. The Morgan fingerprint density at radius 1 is 1.53 bits per heavy atom. The predicted octanol–water partition coefficient (Wildman–Crippen LogP) is 1.20. The third-order valence-corrected chi connectivity index (χ3v) is 2.69. The number of rotatable bonds is 3. The van der Waals surface area contributed by atoms with Crippen LogP contribution >= 0.6 is 0 Å². The molecule has 2 heterocycles. The molecule has 1 aromatic rings. The molecule has 1 amide bonds. The number of pyridine rings is 1. The number of anilines is 1. The summed E-state index contributed by atoms with van der Waals surface area (Å²) in [6, 6.07) is 3.17. The number of nitrogens with zero attached hydrogens (tertiary/aromatic N) is 2. The second-order valence-electron chi connectivity index (χ2n) is 4.13. The molecule has 0 aromatic carbocycles. The summed E-state index contributed by atoms with van der Waals surface area (Å²) < 4.78 is 25.5. The molecule has 4 nitrogen and oxygen atoms in total. The van der Waals surface area contributed by atoms with Gasteiger partial charge < -0.3 is 10.6 Å². The molecule has 1 aliphatic heterocycles. The predicted molar refractivity (Wildman–Crippen MR) is 59.3 cm³/mol. The number of hydrogen-bond acceptors (Lipinski definition) is 3. The first-order valence-corrected chi connectivity index (χ1v) is 5.35. The van der Waals surface area contributed by atoms with Crippen LogP contribution in [0.4, 0.5) is 14.5 Å². The molecule has 92 valence electrons. The number of aryl methyl sites for hydroxylation is 1. The Morgan fingerprint density at radius 3 is 2.65 bits per heavy atom. The van der Waals surface area contributed by atoms with Crippen molar-refractivity contribution in [3.63, 3.8) is 0 Å². The van der Waals surface area contributed by atoms with Gasteiger partial charge in [0.15, 0.2) is 0 Å². The maximum absolute atomic E-state index is 12.8. The zero-order valence-electron chi connectivity index (χ0n) is 9.41. The highest BCUT2D eigenvalue weighted by atomic mass is 19.3. The van der Waals surface area contributed by atoms with Crippen LogP contribution in [0.2, 0.25) is 0 Å². The van der Waals surface area contributed by atoms with Crippen LogP contribution in [0.3, 0.4) is 0 Å². The fourth-order valence-electron chi connectivity index (χ4n) is 1.76. The van der Waals surface area contributed by atoms with Gasteiger partial charge in [-0.2, -0.15) is 0 Å². The first-order valence-electron chi connectivity index (χ1n) is 5.35. The van der Waals surface area contributed by atoms with Crippen LogP contribution in [0, 0.1) is 0 Å². The van der Waals surface area contributed by atoms with Gasteiger partial charge in [-0.05, 0) is 18.6 Å². The van der Waals surface area contributed by atoms with E-state index in [9.17, 15) is 13.6 Å². The third kappa shape index (κ3) is 2.35. The van der Waals surface area contributed by atoms with Crippen LogP contribution in [0.5, 0.6) is 0 Å². The molecule has 1 aromatic heterocycles. The van der Waals surface area contributed by atoms with Crippen LogP contribution in [0.25, 0.3) is 0 Å². The SMILES string of the molecule is CCc1cc(N2CC(F)(F)C2)cc(C(N)=O)n1. The van der Waals surface area contributed by atoms with Gasteiger partial charge >= 0.3 is 0 Å². The summed E-state index contributed by atoms with van der Waals surface area (Å²) in [5.41, 5.74) is 6.52. The number of nitrogens with two attached hydrogens (primary N) is 1. The smallest absolute Gasteiger partial charge is 0.282 e. The van der Waals surface area contributed by atoms with E-state index in [1.54, 1.807) is 6.07 Å². The van der Waals surface area contributed by atoms with Crippen molar-refractivity contribution in [2.45, 2.75) is 19.3 Å². The Balaban J connectivity index is 2.28. The van der Waals surface area contributed by atoms with Crippen molar-refractivity contribution in [1.29, 1.82) is 0 Å². The van der Waals surface area contributed by atoms with E-state index in [0.29, 0.717) is 17.8 Å². The van der Waals surface area contributed by atoms with E-state index in [2.05, 4.69) is 4.98 Å². The number of alkyl halides is 2. The molecule has 0 bridgehead atoms. The molecule has 1 fully saturated rings. The Labute approximate surface area is 97.4 Å². The maximum Gasteiger partial charge on any atom is 0.282 e. The Morgan fingerprint density at radius 2 is 2.18 bits per heavy atom. The van der Waals surface area contributed by atoms with Gasteiger partial charge in [-0.3, -0.25) is 4.79 Å². The minimum absolute atomic E-state index is 0.120. The van der Waals surface area contributed by atoms with Gasteiger partial charge in [0.2, 0.25) is 0 Å². The van der Waals surface area contributed by atoms with E-state index < -0.39 is 11.8 Å². The summed E-state index contributed by atoms with van der Waals surface area (Å²) in [6.45, 7) is 1.23. The summed E-state index contributed by atoms with van der Waals surface area (Å²) in [5.74, 6) is -3.28. The summed E-state index contributed by atoms with van der Waals surface area (Å²) in [6.07, 6.45) is 0.623. The fraction of sp³-hybridized carbons (Fsp3) is 0.455. The van der Waals surface area contributed by atoms with Gasteiger partial charge in [0, 0.05) is 11.4 Å². The topological polar surface area (TPSA) is 59.2 Å². The second kappa shape index (κ2) is 3.94. The van der Waals surface area contributed by atoms with Crippen molar-refractivity contribution in [3.05, 3.63) is 23.5 Å². The average Bonchev–Trinajstić information content (AvgIpc) is 2.25. The lowest BCUT2D eigenvalue weighted by Crippen LogP contribution is -2.56. The van der Waals surface area contributed by atoms with Crippen LogP contribution in [-0.2, 0) is 6.42 Å². The number of hydrogen-bond donors (Lipinski definition) is 1. The largest absolute Gasteiger partial charge is 0.364 e. The van der Waals surface area contributed by atoms with Gasteiger partial charge in [0.1, 0.15) is 5.69 Å². The molecular formula is C11H13F2N3O. The molecule has 0 radical (unpaired) electrons. The van der Waals surface area contributed by atoms with E-state index in [-0.39, 0.29) is 18.8 Å². The van der Waals surface area contributed by atoms with E-state index in [4.69, 9.17) is 5.73 Å². The highest BCUT2D eigenvalue weighted by molar-refractivity contribution is 5.91. The molecule has 1 saturated heterocycles. The standard InChI is InChI=1S/C11H13F2N3O/c1-2-7-3-8(4-9(15-7)10(14)17)16-5-11(12,13)6-16/h3-4H,2,5-6H2,1H3,(H2,14,17). The third-order valence-electron chi connectivity index (χ3n) is 2.69. The van der Waals surface area contributed by atoms with Crippen LogP contribution < -0.4 is 10.6 Å². The second-order valence-corrected chi connectivity index (χ2v) is 4.13. The Hall–Kier alpha value is -1.72. The molecule has 17 heavy (non-hydrogen) atoms. The highest BCUT2D eigenvalue weighted by Crippen LogP contribution is 2.32. The molecule has 0 unspecified atom stereocenters. The number of amides is 1. The zero-order chi connectivity index (χ0) is 12.6. The van der Waals surface area contributed by atoms with Crippen LogP contribution in [-0.4, -0.2) is 29.9 Å². The van der Waals surface area contributed by atoms with Crippen molar-refractivity contribution in [3.8, 4) is 0 Å². The van der Waals surface area contributed by atoms with Gasteiger partial charge in [-0.1, -0.05) is 6.92 Å². The normalized spacial score (nSPS) is 17.7. The molecule has 0 aliphatic carbocycles. The maximum atomic E-state index is 12.8. The van der Waals surface area contributed by atoms with Crippen LogP contribution in [0.1, 0.15) is 23.1 Å². The lowest BCUT2D eigenvalue weighted by Gasteiger charge is -2.40. The molecular weight excluding hydrogens is 228 g/mol. The highest BCUT2D eigenvalue weighted by Gasteiger charge is 2.44. The minimum Gasteiger partial charge on any atom is -0.364 e. The Bertz CT molecular complexity index is 454. The molecule has 0 spiro atoms. The summed E-state index contributed by atoms with van der Waals surface area (Å²) in [5, 5.41) is 0. The summed E-state index contributed by atoms with van der Waals surface area (Å²) in [4.78, 5) is 16.6. The van der Waals surface area contributed by atoms with Gasteiger partial charge in [0.25, 0.3) is 11.8 Å². The summed E-state index contributed by atoms with van der Waals surface area (Å²) in [7, 11) is 0. The van der Waals surface area contributed by atoms with Gasteiger partial charge in [0.05, 0.1) is 13.1 Å². The first kappa shape index (κ1) is 11.8. The van der Waals surface area contributed by atoms with E-state index in [1.807, 2.05) is 6.92 Å². The van der Waals surface area contributed by atoms with Gasteiger partial charge in [-0.15, -0.1) is 0 Å². The number of halogens is 2. The number of primary amides is 1. The van der Waals surface area contributed by atoms with Crippen molar-refractivity contribution >= 4 is 11.6 Å².